The summed E-state index contributed by atoms with van der Waals surface area (Å²) in [7, 11) is 0. The molecule has 2 saturated heterocycles. The van der Waals surface area contributed by atoms with E-state index in [-0.39, 0.29) is 19.4 Å². The second-order valence-corrected chi connectivity index (χ2v) is 10.9. The minimum atomic E-state index is -2.87. The molecule has 1 aromatic heterocycles. The molecule has 0 saturated carbocycles. The zero-order valence-electron chi connectivity index (χ0n) is 21.2. The zero-order chi connectivity index (χ0) is 26.6. The number of alkyl halides is 2. The number of aryl methyl sites for hydroxylation is 1. The van der Waals surface area contributed by atoms with Gasteiger partial charge in [0, 0.05) is 26.1 Å². The molecule has 2 aromatic rings. The third-order valence-corrected chi connectivity index (χ3v) is 7.91. The van der Waals surface area contributed by atoms with Gasteiger partial charge in [-0.2, -0.15) is 0 Å². The third kappa shape index (κ3) is 7.35. The molecule has 2 atom stereocenters. The molecule has 2 fully saturated rings. The minimum Gasteiger partial charge on any atom is -0.341 e. The molecule has 0 aliphatic carbocycles. The highest BCUT2D eigenvalue weighted by Gasteiger charge is 2.41. The van der Waals surface area contributed by atoms with E-state index in [0.29, 0.717) is 22.4 Å². The van der Waals surface area contributed by atoms with Crippen LogP contribution in [0.15, 0.2) is 30.6 Å². The van der Waals surface area contributed by atoms with Gasteiger partial charge < -0.3 is 15.5 Å². The van der Waals surface area contributed by atoms with Gasteiger partial charge in [0.2, 0.25) is 11.9 Å². The highest BCUT2D eigenvalue weighted by atomic mass is 35.5. The number of amides is 1. The number of hydrogen-bond acceptors (Lipinski definition) is 5. The van der Waals surface area contributed by atoms with Crippen LogP contribution in [0.5, 0.6) is 0 Å². The van der Waals surface area contributed by atoms with Crippen LogP contribution in [-0.2, 0) is 17.6 Å². The van der Waals surface area contributed by atoms with Crippen molar-refractivity contribution in [1.82, 2.24) is 14.9 Å². The zero-order valence-corrected chi connectivity index (χ0v) is 21.9. The van der Waals surface area contributed by atoms with E-state index in [2.05, 4.69) is 21.8 Å². The number of likely N-dealkylation sites (tertiary alicyclic amines) is 1. The molecular weight excluding hydrogens is 503 g/mol. The van der Waals surface area contributed by atoms with Gasteiger partial charge in [0.15, 0.2) is 0 Å². The van der Waals surface area contributed by atoms with Crippen molar-refractivity contribution >= 4 is 23.5 Å². The third-order valence-electron chi connectivity index (χ3n) is 7.71. The molecule has 37 heavy (non-hydrogen) atoms. The summed E-state index contributed by atoms with van der Waals surface area (Å²) in [6.45, 7) is 3.50. The van der Waals surface area contributed by atoms with Crippen LogP contribution in [0, 0.1) is 17.7 Å². The van der Waals surface area contributed by atoms with Crippen LogP contribution in [0.25, 0.3) is 0 Å². The Labute approximate surface area is 221 Å². The van der Waals surface area contributed by atoms with Gasteiger partial charge >= 0.3 is 0 Å². The first kappa shape index (κ1) is 27.6. The Balaban J connectivity index is 1.20. The predicted octanol–water partition coefficient (Wildman–Crippen LogP) is 4.88. The molecule has 202 valence electrons. The molecular formula is C27H35ClF3N5O. The number of hydrogen-bond donors (Lipinski definition) is 1. The average Bonchev–Trinajstić information content (AvgIpc) is 3.25. The molecule has 2 aliphatic heterocycles. The maximum atomic E-state index is 14.7. The van der Waals surface area contributed by atoms with Crippen molar-refractivity contribution in [2.24, 2.45) is 17.6 Å². The quantitative estimate of drug-likeness (QED) is 0.493. The minimum absolute atomic E-state index is 0.0101. The maximum Gasteiger partial charge on any atom is 0.267 e. The lowest BCUT2D eigenvalue weighted by molar-refractivity contribution is -0.133. The average molecular weight is 538 g/mol. The summed E-state index contributed by atoms with van der Waals surface area (Å²) in [6, 6.07) is 4.00. The molecule has 6 nitrogen and oxygen atoms in total. The lowest BCUT2D eigenvalue weighted by Crippen LogP contribution is -2.44. The smallest absolute Gasteiger partial charge is 0.267 e. The van der Waals surface area contributed by atoms with Gasteiger partial charge in [0.1, 0.15) is 5.82 Å². The van der Waals surface area contributed by atoms with E-state index in [1.807, 2.05) is 6.07 Å². The SMILES string of the molecule is C[C@H](CCCc1ccc(C[C@H](N)C(=O)N2CCC(F)(F)C2)c(F)c1)C1CCN(c2ncc(Cl)cn2)CC1. The number of aromatic nitrogens is 2. The molecule has 1 amide bonds. The van der Waals surface area contributed by atoms with E-state index in [9.17, 15) is 18.0 Å². The summed E-state index contributed by atoms with van der Waals surface area (Å²) < 4.78 is 41.5. The van der Waals surface area contributed by atoms with Crippen LogP contribution >= 0.6 is 11.6 Å². The lowest BCUT2D eigenvalue weighted by atomic mass is 9.82. The topological polar surface area (TPSA) is 75.4 Å². The van der Waals surface area contributed by atoms with Gasteiger partial charge in [-0.15, -0.1) is 0 Å². The molecule has 0 bridgehead atoms. The predicted molar refractivity (Wildman–Crippen MR) is 138 cm³/mol. The fourth-order valence-corrected chi connectivity index (χ4v) is 5.49. The van der Waals surface area contributed by atoms with Gasteiger partial charge in [-0.1, -0.05) is 37.1 Å². The van der Waals surface area contributed by atoms with Crippen molar-refractivity contribution in [3.8, 4) is 0 Å². The number of halogens is 4. The molecule has 2 N–H and O–H groups in total. The van der Waals surface area contributed by atoms with E-state index < -0.39 is 30.2 Å². The first-order chi connectivity index (χ1) is 17.6. The number of anilines is 1. The van der Waals surface area contributed by atoms with Crippen LogP contribution in [0.4, 0.5) is 19.1 Å². The van der Waals surface area contributed by atoms with E-state index in [1.165, 1.54) is 6.07 Å². The van der Waals surface area contributed by atoms with E-state index >= 15 is 0 Å². The summed E-state index contributed by atoms with van der Waals surface area (Å²) in [4.78, 5) is 24.3. The largest absolute Gasteiger partial charge is 0.341 e. The van der Waals surface area contributed by atoms with Crippen LogP contribution < -0.4 is 10.6 Å². The Bertz CT molecular complexity index is 1060. The second kappa shape index (κ2) is 12.0. The van der Waals surface area contributed by atoms with Crippen LogP contribution in [0.2, 0.25) is 5.02 Å². The van der Waals surface area contributed by atoms with Crippen LogP contribution in [0.1, 0.15) is 50.2 Å². The Kier molecular flexibility index (Phi) is 8.95. The number of nitrogens with zero attached hydrogens (tertiary/aromatic N) is 4. The first-order valence-electron chi connectivity index (χ1n) is 13.0. The van der Waals surface area contributed by atoms with Gasteiger partial charge in [-0.25, -0.2) is 23.1 Å². The summed E-state index contributed by atoms with van der Waals surface area (Å²) in [6.07, 6.45) is 7.85. The standard InChI is InChI=1S/C27H35ClF3N5O/c1-18(20-7-10-35(11-8-20)26-33-15-22(28)16-34-26)3-2-4-19-5-6-21(23(29)13-19)14-24(32)25(37)36-12-9-27(30,31)17-36/h5-6,13,15-16,18,20,24H,2-4,7-12,14,17,32H2,1H3/t18-,24+/m1/s1. The number of piperidine rings is 1. The van der Waals surface area contributed by atoms with Gasteiger partial charge in [-0.05, 0) is 61.1 Å². The van der Waals surface area contributed by atoms with Crippen molar-refractivity contribution in [3.63, 3.8) is 0 Å². The highest BCUT2D eigenvalue weighted by Crippen LogP contribution is 2.30. The van der Waals surface area contributed by atoms with Crippen molar-refractivity contribution in [3.05, 3.63) is 52.6 Å². The Hall–Kier alpha value is -2.39. The van der Waals surface area contributed by atoms with Gasteiger partial charge in [0.25, 0.3) is 5.92 Å². The van der Waals surface area contributed by atoms with Gasteiger partial charge in [0.05, 0.1) is 30.0 Å². The summed E-state index contributed by atoms with van der Waals surface area (Å²) >= 11 is 5.88. The van der Waals surface area contributed by atoms with E-state index in [0.717, 1.165) is 61.6 Å². The Morgan fingerprint density at radius 3 is 2.54 bits per heavy atom. The van der Waals surface area contributed by atoms with Crippen molar-refractivity contribution in [2.45, 2.75) is 63.8 Å². The Morgan fingerprint density at radius 1 is 1.22 bits per heavy atom. The summed E-state index contributed by atoms with van der Waals surface area (Å²) in [5.41, 5.74) is 7.18. The Morgan fingerprint density at radius 2 is 1.92 bits per heavy atom. The number of benzene rings is 1. The number of carbonyl (C=O) groups is 1. The monoisotopic (exact) mass is 537 g/mol. The van der Waals surface area contributed by atoms with Crippen molar-refractivity contribution in [2.75, 3.05) is 31.1 Å². The second-order valence-electron chi connectivity index (χ2n) is 10.5. The molecule has 0 spiro atoms. The van der Waals surface area contributed by atoms with Crippen LogP contribution in [-0.4, -0.2) is 58.9 Å². The number of nitrogens with two attached hydrogens (primary N) is 1. The molecule has 0 radical (unpaired) electrons. The summed E-state index contributed by atoms with van der Waals surface area (Å²) in [5.74, 6) is -1.90. The normalized spacial score (nSPS) is 19.7. The molecule has 3 heterocycles. The number of rotatable bonds is 9. The summed E-state index contributed by atoms with van der Waals surface area (Å²) in [5, 5.41) is 0.535. The molecule has 10 heteroatoms. The fourth-order valence-electron chi connectivity index (χ4n) is 5.40. The number of carbonyl (C=O) groups excluding carboxylic acids is 1. The van der Waals surface area contributed by atoms with E-state index in [1.54, 1.807) is 18.5 Å². The lowest BCUT2D eigenvalue weighted by Gasteiger charge is -2.35. The molecule has 4 rings (SSSR count). The molecule has 0 unspecified atom stereocenters. The van der Waals surface area contributed by atoms with Gasteiger partial charge in [-0.3, -0.25) is 4.79 Å². The molecule has 1 aromatic carbocycles. The maximum absolute atomic E-state index is 14.7. The van der Waals surface area contributed by atoms with E-state index in [4.69, 9.17) is 17.3 Å². The van der Waals surface area contributed by atoms with Crippen molar-refractivity contribution in [1.29, 1.82) is 0 Å². The van der Waals surface area contributed by atoms with Crippen molar-refractivity contribution < 1.29 is 18.0 Å². The highest BCUT2D eigenvalue weighted by molar-refractivity contribution is 6.30. The first-order valence-corrected chi connectivity index (χ1v) is 13.4. The fraction of sp³-hybridized carbons (Fsp3) is 0.593. The van der Waals surface area contributed by atoms with Crippen LogP contribution in [0.3, 0.4) is 0 Å². The molecule has 2 aliphatic rings.